The molecule has 4 rings (SSSR count). The van der Waals surface area contributed by atoms with E-state index in [4.69, 9.17) is 14.6 Å². The van der Waals surface area contributed by atoms with Gasteiger partial charge >= 0.3 is 12.1 Å². The molecular formula is C24H22F3NO5S. The number of fused-ring (bicyclic) bond motifs is 1. The summed E-state index contributed by atoms with van der Waals surface area (Å²) in [5.74, 6) is -0.956. The number of benzene rings is 2. The number of alkyl halides is 3. The molecule has 1 atom stereocenters. The molecule has 0 spiro atoms. The molecule has 1 N–H and O–H groups in total. The minimum atomic E-state index is -4.59. The van der Waals surface area contributed by atoms with Gasteiger partial charge in [-0.1, -0.05) is 17.8 Å². The number of carboxylic acid groups (broad SMARTS) is 1. The van der Waals surface area contributed by atoms with Crippen molar-refractivity contribution in [3.05, 3.63) is 53.6 Å². The van der Waals surface area contributed by atoms with Crippen LogP contribution in [0, 0.1) is 5.92 Å². The van der Waals surface area contributed by atoms with E-state index in [1.54, 1.807) is 18.2 Å². The number of rotatable bonds is 5. The molecule has 0 saturated carbocycles. The first-order valence-electron chi connectivity index (χ1n) is 10.7. The van der Waals surface area contributed by atoms with Crippen molar-refractivity contribution < 1.29 is 37.3 Å². The summed E-state index contributed by atoms with van der Waals surface area (Å²) in [5, 5.41) is 9.16. The van der Waals surface area contributed by atoms with E-state index in [0.29, 0.717) is 49.0 Å². The summed E-state index contributed by atoms with van der Waals surface area (Å²) in [5.41, 5.74) is -0.593. The van der Waals surface area contributed by atoms with E-state index in [9.17, 15) is 22.8 Å². The van der Waals surface area contributed by atoms with Crippen LogP contribution in [0.1, 0.15) is 24.0 Å². The predicted octanol–water partition coefficient (Wildman–Crippen LogP) is 4.96. The van der Waals surface area contributed by atoms with E-state index in [0.717, 1.165) is 17.8 Å². The van der Waals surface area contributed by atoms with Crippen molar-refractivity contribution >= 4 is 29.7 Å². The molecule has 0 radical (unpaired) electrons. The third-order valence-electron chi connectivity index (χ3n) is 5.55. The zero-order valence-electron chi connectivity index (χ0n) is 18.0. The first-order chi connectivity index (χ1) is 16.2. The molecule has 0 aromatic heterocycles. The Hall–Kier alpha value is -3.14. The van der Waals surface area contributed by atoms with Gasteiger partial charge in [-0.05, 0) is 54.8 Å². The summed E-state index contributed by atoms with van der Waals surface area (Å²) in [6.45, 7) is 1.32. The lowest BCUT2D eigenvalue weighted by atomic mass is 9.98. The number of halogens is 3. The average molecular weight is 494 g/mol. The minimum Gasteiger partial charge on any atom is -0.486 e. The van der Waals surface area contributed by atoms with Gasteiger partial charge in [0, 0.05) is 29.0 Å². The second kappa shape index (κ2) is 10.0. The molecular weight excluding hydrogens is 471 g/mol. The van der Waals surface area contributed by atoms with Gasteiger partial charge in [-0.3, -0.25) is 9.59 Å². The molecule has 2 aromatic rings. The van der Waals surface area contributed by atoms with Crippen molar-refractivity contribution in [3.63, 3.8) is 0 Å². The lowest BCUT2D eigenvalue weighted by Gasteiger charge is -2.29. The summed E-state index contributed by atoms with van der Waals surface area (Å²) in [4.78, 5) is 25.6. The molecule has 10 heteroatoms. The summed E-state index contributed by atoms with van der Waals surface area (Å²) in [6, 6.07) is 8.87. The molecule has 6 nitrogen and oxygen atoms in total. The molecule has 0 bridgehead atoms. The van der Waals surface area contributed by atoms with E-state index >= 15 is 0 Å². The number of piperidine rings is 1. The van der Waals surface area contributed by atoms with Gasteiger partial charge in [-0.25, -0.2) is 0 Å². The normalized spacial score (nSPS) is 18.2. The number of hydrogen-bond donors (Lipinski definition) is 1. The standard InChI is InChI=1S/C24H22F3NO5S/c25-24(26,27)18-12-15(4-8-22(29)28-9-1-2-16(14-28)23(30)31)3-7-21(18)34-17-5-6-19-20(13-17)33-11-10-32-19/h3-8,12-13,16H,1-2,9-11,14H2,(H,30,31)/b8-4+. The molecule has 1 fully saturated rings. The minimum absolute atomic E-state index is 0.0213. The highest BCUT2D eigenvalue weighted by Crippen LogP contribution is 2.42. The summed E-state index contributed by atoms with van der Waals surface area (Å²) in [6.07, 6.45) is -1.01. The van der Waals surface area contributed by atoms with Gasteiger partial charge < -0.3 is 19.5 Å². The Morgan fingerprint density at radius 2 is 1.85 bits per heavy atom. The fourth-order valence-electron chi connectivity index (χ4n) is 3.83. The SMILES string of the molecule is O=C(O)C1CCCN(C(=O)/C=C/c2ccc(Sc3ccc4c(c3)OCCO4)c(C(F)(F)F)c2)C1. The van der Waals surface area contributed by atoms with E-state index in [1.165, 1.54) is 29.2 Å². The average Bonchev–Trinajstić information content (AvgIpc) is 2.82. The number of aliphatic carboxylic acids is 1. The highest BCUT2D eigenvalue weighted by atomic mass is 32.2. The Labute approximate surface area is 198 Å². The van der Waals surface area contributed by atoms with Gasteiger partial charge in [0.05, 0.1) is 11.5 Å². The second-order valence-electron chi connectivity index (χ2n) is 7.96. The lowest BCUT2D eigenvalue weighted by Crippen LogP contribution is -2.41. The topological polar surface area (TPSA) is 76.1 Å². The molecule has 2 aromatic carbocycles. The van der Waals surface area contributed by atoms with Crippen LogP contribution in [0.15, 0.2) is 52.3 Å². The van der Waals surface area contributed by atoms with Crippen LogP contribution >= 0.6 is 11.8 Å². The van der Waals surface area contributed by atoms with E-state index < -0.39 is 29.5 Å². The summed E-state index contributed by atoms with van der Waals surface area (Å²) < 4.78 is 52.4. The lowest BCUT2D eigenvalue weighted by molar-refractivity contribution is -0.145. The van der Waals surface area contributed by atoms with Gasteiger partial charge in [0.2, 0.25) is 5.91 Å². The third-order valence-corrected chi connectivity index (χ3v) is 6.62. The van der Waals surface area contributed by atoms with Crippen molar-refractivity contribution in [2.75, 3.05) is 26.3 Å². The van der Waals surface area contributed by atoms with Crippen LogP contribution in [0.3, 0.4) is 0 Å². The predicted molar refractivity (Wildman–Crippen MR) is 119 cm³/mol. The first kappa shape index (κ1) is 24.0. The smallest absolute Gasteiger partial charge is 0.417 e. The summed E-state index contributed by atoms with van der Waals surface area (Å²) in [7, 11) is 0. The van der Waals surface area contributed by atoms with Crippen molar-refractivity contribution in [1.82, 2.24) is 4.90 Å². The highest BCUT2D eigenvalue weighted by molar-refractivity contribution is 7.99. The van der Waals surface area contributed by atoms with Crippen LogP contribution in [-0.2, 0) is 15.8 Å². The van der Waals surface area contributed by atoms with Crippen molar-refractivity contribution in [2.24, 2.45) is 5.92 Å². The highest BCUT2D eigenvalue weighted by Gasteiger charge is 2.34. The molecule has 34 heavy (non-hydrogen) atoms. The monoisotopic (exact) mass is 493 g/mol. The number of carboxylic acids is 1. The molecule has 180 valence electrons. The zero-order chi connectivity index (χ0) is 24.3. The second-order valence-corrected chi connectivity index (χ2v) is 9.07. The Bertz CT molecular complexity index is 1120. The number of amides is 1. The third kappa shape index (κ3) is 5.67. The number of ether oxygens (including phenoxy) is 2. The first-order valence-corrected chi connectivity index (χ1v) is 11.5. The van der Waals surface area contributed by atoms with Crippen LogP contribution in [0.4, 0.5) is 13.2 Å². The van der Waals surface area contributed by atoms with E-state index in [-0.39, 0.29) is 17.0 Å². The van der Waals surface area contributed by atoms with Crippen LogP contribution in [0.2, 0.25) is 0 Å². The molecule has 0 aliphatic carbocycles. The number of nitrogens with zero attached hydrogens (tertiary/aromatic N) is 1. The molecule has 2 aliphatic heterocycles. The maximum Gasteiger partial charge on any atom is 0.417 e. The van der Waals surface area contributed by atoms with Crippen LogP contribution in [0.25, 0.3) is 6.08 Å². The Morgan fingerprint density at radius 3 is 2.59 bits per heavy atom. The van der Waals surface area contributed by atoms with E-state index in [2.05, 4.69) is 0 Å². The van der Waals surface area contributed by atoms with E-state index in [1.807, 2.05) is 0 Å². The Balaban J connectivity index is 1.52. The Kier molecular flexibility index (Phi) is 7.06. The van der Waals surface area contributed by atoms with Crippen LogP contribution in [-0.4, -0.2) is 48.2 Å². The van der Waals surface area contributed by atoms with Gasteiger partial charge in [0.1, 0.15) is 13.2 Å². The number of likely N-dealkylation sites (tertiary alicyclic amines) is 1. The van der Waals surface area contributed by atoms with Gasteiger partial charge in [0.25, 0.3) is 0 Å². The van der Waals surface area contributed by atoms with Crippen molar-refractivity contribution in [3.8, 4) is 11.5 Å². The zero-order valence-corrected chi connectivity index (χ0v) is 18.8. The Morgan fingerprint density at radius 1 is 1.09 bits per heavy atom. The van der Waals surface area contributed by atoms with Gasteiger partial charge in [-0.2, -0.15) is 13.2 Å². The fourth-order valence-corrected chi connectivity index (χ4v) is 4.80. The van der Waals surface area contributed by atoms with Gasteiger partial charge in [-0.15, -0.1) is 0 Å². The molecule has 1 saturated heterocycles. The maximum absolute atomic E-state index is 13.8. The maximum atomic E-state index is 13.8. The van der Waals surface area contributed by atoms with Crippen LogP contribution < -0.4 is 9.47 Å². The fraction of sp³-hybridized carbons (Fsp3) is 0.333. The van der Waals surface area contributed by atoms with Crippen molar-refractivity contribution in [1.29, 1.82) is 0 Å². The number of carbonyl (C=O) groups excluding carboxylic acids is 1. The molecule has 1 amide bonds. The largest absolute Gasteiger partial charge is 0.486 e. The number of hydrogen-bond acceptors (Lipinski definition) is 5. The van der Waals surface area contributed by atoms with Crippen LogP contribution in [0.5, 0.6) is 11.5 Å². The molecule has 2 heterocycles. The molecule has 2 aliphatic rings. The van der Waals surface area contributed by atoms with Crippen molar-refractivity contribution in [2.45, 2.75) is 28.8 Å². The molecule has 1 unspecified atom stereocenters. The quantitative estimate of drug-likeness (QED) is 0.594. The summed E-state index contributed by atoms with van der Waals surface area (Å²) >= 11 is 0.962. The number of carbonyl (C=O) groups is 2. The van der Waals surface area contributed by atoms with Gasteiger partial charge in [0.15, 0.2) is 11.5 Å².